The van der Waals surface area contributed by atoms with Crippen molar-refractivity contribution in [1.29, 1.82) is 0 Å². The molecule has 4 nitrogen and oxygen atoms in total. The number of fused-ring (bicyclic) bond motifs is 1. The molecule has 3 rings (SSSR count). The Bertz CT molecular complexity index is 696. The van der Waals surface area contributed by atoms with Crippen molar-refractivity contribution in [2.45, 2.75) is 24.7 Å². The van der Waals surface area contributed by atoms with E-state index >= 15 is 0 Å². The fourth-order valence-electron chi connectivity index (χ4n) is 3.07. The van der Waals surface area contributed by atoms with Gasteiger partial charge in [-0.05, 0) is 28.8 Å². The second-order valence-corrected chi connectivity index (χ2v) is 5.89. The van der Waals surface area contributed by atoms with Crippen molar-refractivity contribution in [3.63, 3.8) is 0 Å². The number of ether oxygens (including phenoxy) is 2. The van der Waals surface area contributed by atoms with Crippen molar-refractivity contribution >= 4 is 6.08 Å². The van der Waals surface area contributed by atoms with Gasteiger partial charge >= 0.3 is 0 Å². The third-order valence-electron chi connectivity index (χ3n) is 4.36. The monoisotopic (exact) mass is 326 g/mol. The lowest BCUT2D eigenvalue weighted by Gasteiger charge is -2.34. The smallest absolute Gasteiger partial charge is 0.119 e. The predicted octanol–water partition coefficient (Wildman–Crippen LogP) is 2.74. The van der Waals surface area contributed by atoms with Crippen LogP contribution in [0.2, 0.25) is 0 Å². The summed E-state index contributed by atoms with van der Waals surface area (Å²) in [7, 11) is 1.64. The molecule has 0 saturated heterocycles. The Morgan fingerprint density at radius 2 is 2.04 bits per heavy atom. The Morgan fingerprint density at radius 1 is 1.25 bits per heavy atom. The molecule has 2 N–H and O–H groups in total. The van der Waals surface area contributed by atoms with Crippen LogP contribution in [0.15, 0.2) is 54.6 Å². The van der Waals surface area contributed by atoms with E-state index in [9.17, 15) is 10.2 Å². The number of rotatable bonds is 5. The highest BCUT2D eigenvalue weighted by Crippen LogP contribution is 2.36. The molecule has 0 spiro atoms. The van der Waals surface area contributed by atoms with E-state index in [0.29, 0.717) is 6.61 Å². The van der Waals surface area contributed by atoms with Crippen LogP contribution in [0.25, 0.3) is 6.08 Å². The SMILES string of the molecule is COc1ccc2c(c1)CO[C@H]([C@H](O)CO)[C@H]2C=Cc1ccccc1. The molecule has 2 aromatic rings. The summed E-state index contributed by atoms with van der Waals surface area (Å²) in [6.07, 6.45) is 2.65. The second-order valence-electron chi connectivity index (χ2n) is 5.89. The normalized spacial score (nSPS) is 21.5. The molecular formula is C20H22O4. The van der Waals surface area contributed by atoms with Crippen LogP contribution in [0, 0.1) is 0 Å². The van der Waals surface area contributed by atoms with Gasteiger partial charge in [0.25, 0.3) is 0 Å². The van der Waals surface area contributed by atoms with Gasteiger partial charge in [0, 0.05) is 5.92 Å². The molecule has 0 fully saturated rings. The molecule has 1 aliphatic heterocycles. The summed E-state index contributed by atoms with van der Waals surface area (Å²) in [5, 5.41) is 19.5. The van der Waals surface area contributed by atoms with Crippen LogP contribution in [-0.2, 0) is 11.3 Å². The molecule has 3 atom stereocenters. The van der Waals surface area contributed by atoms with Gasteiger partial charge in [0.1, 0.15) is 11.9 Å². The van der Waals surface area contributed by atoms with Gasteiger partial charge in [0.05, 0.1) is 26.4 Å². The minimum atomic E-state index is -0.925. The van der Waals surface area contributed by atoms with Crippen molar-refractivity contribution in [1.82, 2.24) is 0 Å². The van der Waals surface area contributed by atoms with E-state index in [2.05, 4.69) is 0 Å². The number of benzene rings is 2. The summed E-state index contributed by atoms with van der Waals surface area (Å²) >= 11 is 0. The van der Waals surface area contributed by atoms with Crippen molar-refractivity contribution < 1.29 is 19.7 Å². The zero-order valence-electron chi connectivity index (χ0n) is 13.6. The number of methoxy groups -OCH3 is 1. The molecule has 0 aliphatic carbocycles. The first kappa shape index (κ1) is 16.7. The zero-order chi connectivity index (χ0) is 16.9. The maximum atomic E-state index is 10.1. The van der Waals surface area contributed by atoms with E-state index < -0.39 is 12.2 Å². The molecule has 0 bridgehead atoms. The van der Waals surface area contributed by atoms with Crippen LogP contribution in [0.3, 0.4) is 0 Å². The molecule has 4 heteroatoms. The molecule has 1 heterocycles. The molecule has 0 aromatic heterocycles. The number of hydrogen-bond donors (Lipinski definition) is 2. The van der Waals surface area contributed by atoms with Gasteiger partial charge in [0.2, 0.25) is 0 Å². The average molecular weight is 326 g/mol. The third-order valence-corrected chi connectivity index (χ3v) is 4.36. The average Bonchev–Trinajstić information content (AvgIpc) is 2.65. The molecule has 0 saturated carbocycles. The summed E-state index contributed by atoms with van der Waals surface area (Å²) in [5.74, 6) is 0.645. The molecular weight excluding hydrogens is 304 g/mol. The van der Waals surface area contributed by atoms with Gasteiger partial charge in [0.15, 0.2) is 0 Å². The van der Waals surface area contributed by atoms with Gasteiger partial charge in [-0.15, -0.1) is 0 Å². The summed E-state index contributed by atoms with van der Waals surface area (Å²) in [6, 6.07) is 15.9. The summed E-state index contributed by atoms with van der Waals surface area (Å²) in [4.78, 5) is 0. The van der Waals surface area contributed by atoms with Gasteiger partial charge in [-0.3, -0.25) is 0 Å². The van der Waals surface area contributed by atoms with Crippen molar-refractivity contribution in [3.05, 3.63) is 71.3 Å². The van der Waals surface area contributed by atoms with E-state index in [1.165, 1.54) is 0 Å². The van der Waals surface area contributed by atoms with Crippen molar-refractivity contribution in [2.75, 3.05) is 13.7 Å². The fraction of sp³-hybridized carbons (Fsp3) is 0.300. The first-order valence-electron chi connectivity index (χ1n) is 8.03. The number of aliphatic hydroxyl groups excluding tert-OH is 2. The Morgan fingerprint density at radius 3 is 2.75 bits per heavy atom. The standard InChI is InChI=1S/C20H22O4/c1-23-16-8-10-17-15(11-16)13-24-20(19(22)12-21)18(17)9-7-14-5-3-2-4-6-14/h2-11,18-22H,12-13H2,1H3/t18-,19+,20-/m0/s1. The maximum absolute atomic E-state index is 10.1. The quantitative estimate of drug-likeness (QED) is 0.887. The topological polar surface area (TPSA) is 58.9 Å². The first-order valence-corrected chi connectivity index (χ1v) is 8.03. The molecule has 126 valence electrons. The first-order chi connectivity index (χ1) is 11.7. The Labute approximate surface area is 142 Å². The lowest BCUT2D eigenvalue weighted by Crippen LogP contribution is -2.39. The highest BCUT2D eigenvalue weighted by atomic mass is 16.5. The van der Waals surface area contributed by atoms with E-state index in [1.807, 2.05) is 60.7 Å². The predicted molar refractivity (Wildman–Crippen MR) is 92.9 cm³/mol. The lowest BCUT2D eigenvalue weighted by molar-refractivity contribution is -0.0787. The Balaban J connectivity index is 1.95. The van der Waals surface area contributed by atoms with Gasteiger partial charge < -0.3 is 19.7 Å². The van der Waals surface area contributed by atoms with Gasteiger partial charge in [-0.1, -0.05) is 48.6 Å². The van der Waals surface area contributed by atoms with E-state index in [1.54, 1.807) is 7.11 Å². The zero-order valence-corrected chi connectivity index (χ0v) is 13.6. The summed E-state index contributed by atoms with van der Waals surface area (Å²) in [6.45, 7) is 0.0652. The Kier molecular flexibility index (Phi) is 5.30. The van der Waals surface area contributed by atoms with E-state index in [-0.39, 0.29) is 12.5 Å². The van der Waals surface area contributed by atoms with Crippen LogP contribution >= 0.6 is 0 Å². The number of hydrogen-bond acceptors (Lipinski definition) is 4. The molecule has 2 aromatic carbocycles. The molecule has 0 amide bonds. The van der Waals surface area contributed by atoms with Gasteiger partial charge in [-0.25, -0.2) is 0 Å². The molecule has 0 unspecified atom stereocenters. The molecule has 0 radical (unpaired) electrons. The van der Waals surface area contributed by atoms with Crippen LogP contribution in [0.5, 0.6) is 5.75 Å². The van der Waals surface area contributed by atoms with Crippen LogP contribution in [0.4, 0.5) is 0 Å². The van der Waals surface area contributed by atoms with Crippen LogP contribution < -0.4 is 4.74 Å². The van der Waals surface area contributed by atoms with Crippen molar-refractivity contribution in [2.24, 2.45) is 0 Å². The molecule has 24 heavy (non-hydrogen) atoms. The molecule has 1 aliphatic rings. The highest BCUT2D eigenvalue weighted by molar-refractivity contribution is 5.52. The summed E-state index contributed by atoms with van der Waals surface area (Å²) < 4.78 is 11.1. The lowest BCUT2D eigenvalue weighted by atomic mass is 9.84. The van der Waals surface area contributed by atoms with Crippen LogP contribution in [0.1, 0.15) is 22.6 Å². The summed E-state index contributed by atoms with van der Waals surface area (Å²) in [5.41, 5.74) is 3.21. The third kappa shape index (κ3) is 3.51. The van der Waals surface area contributed by atoms with Gasteiger partial charge in [-0.2, -0.15) is 0 Å². The minimum Gasteiger partial charge on any atom is -0.497 e. The van der Waals surface area contributed by atoms with E-state index in [4.69, 9.17) is 9.47 Å². The fourth-order valence-corrected chi connectivity index (χ4v) is 3.07. The largest absolute Gasteiger partial charge is 0.497 e. The van der Waals surface area contributed by atoms with Crippen LogP contribution in [-0.4, -0.2) is 36.1 Å². The number of aliphatic hydroxyl groups is 2. The highest BCUT2D eigenvalue weighted by Gasteiger charge is 2.33. The van der Waals surface area contributed by atoms with E-state index in [0.717, 1.165) is 22.4 Å². The Hall–Kier alpha value is -2.14. The second kappa shape index (κ2) is 7.62. The minimum absolute atomic E-state index is 0.137. The van der Waals surface area contributed by atoms with Crippen molar-refractivity contribution in [3.8, 4) is 5.75 Å². The maximum Gasteiger partial charge on any atom is 0.119 e.